The van der Waals surface area contributed by atoms with Gasteiger partial charge in [0.05, 0.1) is 19.4 Å². The van der Waals surface area contributed by atoms with E-state index in [2.05, 4.69) is 20.3 Å². The maximum absolute atomic E-state index is 11.5. The number of benzene rings is 1. The maximum Gasteiger partial charge on any atom is 0.248 e. The van der Waals surface area contributed by atoms with Gasteiger partial charge in [-0.2, -0.15) is 9.61 Å². The Kier molecular flexibility index (Phi) is 5.50. The van der Waals surface area contributed by atoms with Gasteiger partial charge in [-0.05, 0) is 36.7 Å². The predicted molar refractivity (Wildman–Crippen MR) is 107 cm³/mol. The first-order valence-electron chi connectivity index (χ1n) is 9.49. The number of morpholine rings is 1. The van der Waals surface area contributed by atoms with E-state index in [4.69, 9.17) is 10.5 Å². The molecule has 1 aliphatic rings. The summed E-state index contributed by atoms with van der Waals surface area (Å²) < 4.78 is 7.17. The van der Waals surface area contributed by atoms with Gasteiger partial charge in [0.25, 0.3) is 0 Å². The number of hydrogen-bond donors (Lipinski definition) is 2. The largest absolute Gasteiger partial charge is 0.379 e. The van der Waals surface area contributed by atoms with Crippen LogP contribution in [0.15, 0.2) is 42.7 Å². The van der Waals surface area contributed by atoms with Gasteiger partial charge in [0, 0.05) is 37.0 Å². The van der Waals surface area contributed by atoms with Crippen LogP contribution in [0.4, 0.5) is 5.82 Å². The molecule has 1 fully saturated rings. The van der Waals surface area contributed by atoms with Gasteiger partial charge < -0.3 is 15.8 Å². The minimum atomic E-state index is -0.450. The van der Waals surface area contributed by atoms with Crippen molar-refractivity contribution in [1.82, 2.24) is 19.5 Å². The molecule has 0 radical (unpaired) electrons. The van der Waals surface area contributed by atoms with Crippen LogP contribution in [0.1, 0.15) is 16.8 Å². The highest BCUT2D eigenvalue weighted by Gasteiger charge is 2.13. The average molecular weight is 380 g/mol. The molecular weight excluding hydrogens is 356 g/mol. The number of carbonyl (C=O) groups excluding carboxylic acids is 1. The Bertz CT molecular complexity index is 964. The number of ether oxygens (including phenoxy) is 1. The summed E-state index contributed by atoms with van der Waals surface area (Å²) in [6, 6.07) is 9.12. The van der Waals surface area contributed by atoms with Crippen molar-refractivity contribution in [3.8, 4) is 11.1 Å². The topological polar surface area (TPSA) is 97.8 Å². The number of carbonyl (C=O) groups is 1. The Morgan fingerprint density at radius 3 is 2.93 bits per heavy atom. The number of aromatic nitrogens is 3. The van der Waals surface area contributed by atoms with Crippen molar-refractivity contribution in [2.75, 3.05) is 44.7 Å². The summed E-state index contributed by atoms with van der Waals surface area (Å²) in [5.74, 6) is 0.443. The summed E-state index contributed by atoms with van der Waals surface area (Å²) >= 11 is 0. The molecule has 3 aromatic rings. The minimum absolute atomic E-state index is 0.450. The molecule has 3 heterocycles. The number of amides is 1. The van der Waals surface area contributed by atoms with E-state index in [1.807, 2.05) is 18.2 Å². The molecular formula is C20H24N6O2. The molecule has 8 nitrogen and oxygen atoms in total. The summed E-state index contributed by atoms with van der Waals surface area (Å²) in [4.78, 5) is 18.4. The maximum atomic E-state index is 11.5. The molecule has 146 valence electrons. The van der Waals surface area contributed by atoms with Crippen LogP contribution in [0, 0.1) is 0 Å². The molecule has 0 saturated carbocycles. The molecule has 8 heteroatoms. The quantitative estimate of drug-likeness (QED) is 0.605. The predicted octanol–water partition coefficient (Wildman–Crippen LogP) is 1.63. The third kappa shape index (κ3) is 3.97. The molecule has 2 aromatic heterocycles. The van der Waals surface area contributed by atoms with Crippen molar-refractivity contribution < 1.29 is 9.53 Å². The van der Waals surface area contributed by atoms with E-state index < -0.39 is 5.91 Å². The lowest BCUT2D eigenvalue weighted by atomic mass is 10.1. The summed E-state index contributed by atoms with van der Waals surface area (Å²) in [5, 5.41) is 7.94. The molecule has 0 unspecified atom stereocenters. The first kappa shape index (κ1) is 18.4. The van der Waals surface area contributed by atoms with E-state index in [1.54, 1.807) is 29.0 Å². The Balaban J connectivity index is 1.47. The van der Waals surface area contributed by atoms with Gasteiger partial charge in [-0.25, -0.2) is 4.98 Å². The van der Waals surface area contributed by atoms with E-state index in [0.717, 1.165) is 68.4 Å². The highest BCUT2D eigenvalue weighted by atomic mass is 16.5. The molecule has 4 rings (SSSR count). The van der Waals surface area contributed by atoms with E-state index >= 15 is 0 Å². The molecule has 0 atom stereocenters. The Hall–Kier alpha value is -2.97. The van der Waals surface area contributed by atoms with Gasteiger partial charge in [0.15, 0.2) is 5.65 Å². The fourth-order valence-corrected chi connectivity index (χ4v) is 3.41. The lowest BCUT2D eigenvalue weighted by Crippen LogP contribution is -2.37. The third-order valence-corrected chi connectivity index (χ3v) is 4.92. The number of nitrogens with two attached hydrogens (primary N) is 1. The Morgan fingerprint density at radius 1 is 1.25 bits per heavy atom. The molecule has 3 N–H and O–H groups in total. The number of anilines is 1. The van der Waals surface area contributed by atoms with E-state index in [1.165, 1.54) is 0 Å². The smallest absolute Gasteiger partial charge is 0.248 e. The van der Waals surface area contributed by atoms with Gasteiger partial charge in [-0.3, -0.25) is 9.69 Å². The summed E-state index contributed by atoms with van der Waals surface area (Å²) in [7, 11) is 0. The zero-order valence-corrected chi connectivity index (χ0v) is 15.7. The molecule has 0 spiro atoms. The van der Waals surface area contributed by atoms with Crippen LogP contribution in [0.5, 0.6) is 0 Å². The molecule has 28 heavy (non-hydrogen) atoms. The first-order valence-corrected chi connectivity index (χ1v) is 9.49. The van der Waals surface area contributed by atoms with Gasteiger partial charge in [-0.1, -0.05) is 12.1 Å². The van der Waals surface area contributed by atoms with Crippen molar-refractivity contribution in [3.05, 3.63) is 48.3 Å². The fraction of sp³-hybridized carbons (Fsp3) is 0.350. The van der Waals surface area contributed by atoms with Crippen LogP contribution in [0.2, 0.25) is 0 Å². The normalized spacial score (nSPS) is 15.0. The standard InChI is InChI=1S/C20H24N6O2/c21-19(27)16-4-1-3-15(13-16)17-14-24-26-18(5-7-23-20(17)26)22-6-2-8-25-9-11-28-12-10-25/h1,3-5,7,13-14,22H,2,6,8-12H2,(H2,21,27). The zero-order chi connectivity index (χ0) is 19.3. The molecule has 0 bridgehead atoms. The summed E-state index contributed by atoms with van der Waals surface area (Å²) in [5.41, 5.74) is 8.33. The highest BCUT2D eigenvalue weighted by molar-refractivity contribution is 5.94. The minimum Gasteiger partial charge on any atom is -0.379 e. The second-order valence-corrected chi connectivity index (χ2v) is 6.80. The lowest BCUT2D eigenvalue weighted by molar-refractivity contribution is 0.0378. The first-order chi connectivity index (χ1) is 13.7. The van der Waals surface area contributed by atoms with Crippen molar-refractivity contribution in [1.29, 1.82) is 0 Å². The van der Waals surface area contributed by atoms with Gasteiger partial charge in [-0.15, -0.1) is 0 Å². The van der Waals surface area contributed by atoms with Crippen molar-refractivity contribution in [3.63, 3.8) is 0 Å². The molecule has 1 amide bonds. The summed E-state index contributed by atoms with van der Waals surface area (Å²) in [6.45, 7) is 5.56. The number of nitrogens with one attached hydrogen (secondary N) is 1. The monoisotopic (exact) mass is 380 g/mol. The van der Waals surface area contributed by atoms with Crippen LogP contribution < -0.4 is 11.1 Å². The second-order valence-electron chi connectivity index (χ2n) is 6.80. The van der Waals surface area contributed by atoms with Crippen molar-refractivity contribution >= 4 is 17.4 Å². The molecule has 0 aliphatic carbocycles. The number of hydrogen-bond acceptors (Lipinski definition) is 6. The fourth-order valence-electron chi connectivity index (χ4n) is 3.41. The van der Waals surface area contributed by atoms with Crippen molar-refractivity contribution in [2.45, 2.75) is 6.42 Å². The lowest BCUT2D eigenvalue weighted by Gasteiger charge is -2.26. The molecule has 1 aromatic carbocycles. The van der Waals surface area contributed by atoms with Crippen LogP contribution in [-0.4, -0.2) is 64.8 Å². The Labute approximate surface area is 163 Å². The molecule has 1 aliphatic heterocycles. The van der Waals surface area contributed by atoms with Crippen LogP contribution >= 0.6 is 0 Å². The third-order valence-electron chi connectivity index (χ3n) is 4.92. The van der Waals surface area contributed by atoms with Crippen LogP contribution in [0.25, 0.3) is 16.8 Å². The van der Waals surface area contributed by atoms with Crippen LogP contribution in [0.3, 0.4) is 0 Å². The highest BCUT2D eigenvalue weighted by Crippen LogP contribution is 2.25. The summed E-state index contributed by atoms with van der Waals surface area (Å²) in [6.07, 6.45) is 4.57. The van der Waals surface area contributed by atoms with Gasteiger partial charge >= 0.3 is 0 Å². The van der Waals surface area contributed by atoms with E-state index in [0.29, 0.717) is 5.56 Å². The zero-order valence-electron chi connectivity index (χ0n) is 15.7. The van der Waals surface area contributed by atoms with Gasteiger partial charge in [0.2, 0.25) is 5.91 Å². The number of nitrogens with zero attached hydrogens (tertiary/aromatic N) is 4. The van der Waals surface area contributed by atoms with Crippen LogP contribution in [-0.2, 0) is 4.74 Å². The second kappa shape index (κ2) is 8.37. The SMILES string of the molecule is NC(=O)c1cccc(-c2cnn3c(NCCCN4CCOCC4)ccnc23)c1. The molecule has 1 saturated heterocycles. The average Bonchev–Trinajstić information content (AvgIpc) is 3.17. The number of primary amides is 1. The van der Waals surface area contributed by atoms with E-state index in [9.17, 15) is 4.79 Å². The van der Waals surface area contributed by atoms with Gasteiger partial charge in [0.1, 0.15) is 5.82 Å². The number of rotatable bonds is 7. The van der Waals surface area contributed by atoms with E-state index in [-0.39, 0.29) is 0 Å². The Morgan fingerprint density at radius 2 is 2.11 bits per heavy atom. The van der Waals surface area contributed by atoms with Crippen molar-refractivity contribution in [2.24, 2.45) is 5.73 Å². The number of fused-ring (bicyclic) bond motifs is 1.